The quantitative estimate of drug-likeness (QED) is 0.468. The molecule has 0 aromatic heterocycles. The van der Waals surface area contributed by atoms with Crippen LogP contribution in [0.1, 0.15) is 13.3 Å². The van der Waals surface area contributed by atoms with Crippen molar-refractivity contribution in [3.05, 3.63) is 0 Å². The normalized spacial score (nSPS) is 29.5. The largest absolute Gasteiger partial charge is 0.396 e. The molecule has 1 rings (SSSR count). The molecule has 0 aliphatic carbocycles. The predicted octanol–water partition coefficient (Wildman–Crippen LogP) is -1.63. The maximum Gasteiger partial charge on any atom is 0.243 e. The first-order valence-corrected chi connectivity index (χ1v) is 3.86. The van der Waals surface area contributed by atoms with Gasteiger partial charge in [-0.2, -0.15) is 0 Å². The van der Waals surface area contributed by atoms with E-state index in [9.17, 15) is 9.59 Å². The Kier molecular flexibility index (Phi) is 2.65. The van der Waals surface area contributed by atoms with E-state index in [2.05, 4.69) is 10.6 Å². The van der Waals surface area contributed by atoms with Gasteiger partial charge in [-0.15, -0.1) is 0 Å². The summed E-state index contributed by atoms with van der Waals surface area (Å²) in [6.45, 7) is 1.51. The van der Waals surface area contributed by atoms with Crippen molar-refractivity contribution in [2.75, 3.05) is 6.61 Å². The fourth-order valence-electron chi connectivity index (χ4n) is 1.07. The molecule has 5 heteroatoms. The first-order valence-electron chi connectivity index (χ1n) is 3.86. The molecule has 1 aliphatic heterocycles. The number of hydrogen-bond donors (Lipinski definition) is 3. The molecule has 68 valence electrons. The van der Waals surface area contributed by atoms with Crippen molar-refractivity contribution in [2.45, 2.75) is 25.4 Å². The van der Waals surface area contributed by atoms with Gasteiger partial charge in [-0.1, -0.05) is 0 Å². The lowest BCUT2D eigenvalue weighted by atomic mass is 10.1. The molecule has 2 atom stereocenters. The van der Waals surface area contributed by atoms with Gasteiger partial charge in [-0.05, 0) is 13.3 Å². The Morgan fingerprint density at radius 3 is 2.58 bits per heavy atom. The predicted molar refractivity (Wildman–Crippen MR) is 41.2 cm³/mol. The number of hydrogen-bond acceptors (Lipinski definition) is 3. The first-order chi connectivity index (χ1) is 5.65. The topological polar surface area (TPSA) is 78.4 Å². The van der Waals surface area contributed by atoms with E-state index in [1.807, 2.05) is 0 Å². The number of amides is 2. The molecule has 0 aromatic carbocycles. The van der Waals surface area contributed by atoms with Crippen LogP contribution in [0.25, 0.3) is 0 Å². The summed E-state index contributed by atoms with van der Waals surface area (Å²) in [4.78, 5) is 22.1. The minimum absolute atomic E-state index is 0.104. The van der Waals surface area contributed by atoms with Gasteiger partial charge in [0.15, 0.2) is 0 Å². The third-order valence-electron chi connectivity index (χ3n) is 1.80. The molecule has 0 bridgehead atoms. The van der Waals surface area contributed by atoms with E-state index in [0.29, 0.717) is 0 Å². The second-order valence-corrected chi connectivity index (χ2v) is 2.80. The Balaban J connectivity index is 2.55. The summed E-state index contributed by atoms with van der Waals surface area (Å²) in [7, 11) is 0. The molecule has 0 aromatic rings. The Hall–Kier alpha value is -1.10. The Morgan fingerprint density at radius 1 is 1.33 bits per heavy atom. The third kappa shape index (κ3) is 1.73. The summed E-state index contributed by atoms with van der Waals surface area (Å²) < 4.78 is 0. The highest BCUT2D eigenvalue weighted by molar-refractivity contribution is 5.96. The molecule has 1 heterocycles. The lowest BCUT2D eigenvalue weighted by Gasteiger charge is -2.26. The van der Waals surface area contributed by atoms with Crippen LogP contribution < -0.4 is 10.6 Å². The van der Waals surface area contributed by atoms with Gasteiger partial charge < -0.3 is 15.7 Å². The lowest BCUT2D eigenvalue weighted by molar-refractivity contribution is -0.136. The van der Waals surface area contributed by atoms with E-state index in [4.69, 9.17) is 5.11 Å². The maximum atomic E-state index is 11.1. The van der Waals surface area contributed by atoms with Gasteiger partial charge in [0.25, 0.3) is 0 Å². The molecule has 0 unspecified atom stereocenters. The van der Waals surface area contributed by atoms with Crippen LogP contribution in [0.15, 0.2) is 0 Å². The number of nitrogens with one attached hydrogen (secondary N) is 2. The molecule has 5 nitrogen and oxygen atoms in total. The van der Waals surface area contributed by atoms with E-state index in [0.717, 1.165) is 0 Å². The molecule has 0 spiro atoms. The third-order valence-corrected chi connectivity index (χ3v) is 1.80. The van der Waals surface area contributed by atoms with Crippen LogP contribution in [0.4, 0.5) is 0 Å². The first kappa shape index (κ1) is 8.99. The summed E-state index contributed by atoms with van der Waals surface area (Å²) in [6, 6.07) is -1.04. The van der Waals surface area contributed by atoms with E-state index in [-0.39, 0.29) is 24.8 Å². The van der Waals surface area contributed by atoms with Crippen molar-refractivity contribution in [3.8, 4) is 0 Å². The van der Waals surface area contributed by atoms with Crippen molar-refractivity contribution in [2.24, 2.45) is 0 Å². The number of aliphatic hydroxyl groups is 1. The van der Waals surface area contributed by atoms with Gasteiger partial charge in [-0.25, -0.2) is 0 Å². The van der Waals surface area contributed by atoms with Crippen LogP contribution >= 0.6 is 0 Å². The highest BCUT2D eigenvalue weighted by atomic mass is 16.3. The molecule has 0 radical (unpaired) electrons. The number of rotatable bonds is 2. The summed E-state index contributed by atoms with van der Waals surface area (Å²) in [6.07, 6.45) is 0.268. The lowest BCUT2D eigenvalue weighted by Crippen LogP contribution is -2.60. The van der Waals surface area contributed by atoms with Crippen molar-refractivity contribution in [1.82, 2.24) is 10.6 Å². The van der Waals surface area contributed by atoms with Gasteiger partial charge in [0.1, 0.15) is 12.1 Å². The van der Waals surface area contributed by atoms with Gasteiger partial charge in [0.05, 0.1) is 0 Å². The van der Waals surface area contributed by atoms with Crippen molar-refractivity contribution in [3.63, 3.8) is 0 Å². The molecule has 3 N–H and O–H groups in total. The Morgan fingerprint density at radius 2 is 2.00 bits per heavy atom. The number of aliphatic hydroxyl groups excluding tert-OH is 1. The molecular weight excluding hydrogens is 160 g/mol. The van der Waals surface area contributed by atoms with Crippen LogP contribution in [-0.4, -0.2) is 35.6 Å². The fourth-order valence-corrected chi connectivity index (χ4v) is 1.07. The van der Waals surface area contributed by atoms with E-state index in [1.54, 1.807) is 6.92 Å². The van der Waals surface area contributed by atoms with Gasteiger partial charge >= 0.3 is 0 Å². The summed E-state index contributed by atoms with van der Waals surface area (Å²) in [5.41, 5.74) is 0. The van der Waals surface area contributed by atoms with Crippen LogP contribution in [0.2, 0.25) is 0 Å². The molecule has 2 amide bonds. The van der Waals surface area contributed by atoms with Crippen LogP contribution in [-0.2, 0) is 9.59 Å². The minimum Gasteiger partial charge on any atom is -0.396 e. The molecule has 12 heavy (non-hydrogen) atoms. The fraction of sp³-hybridized carbons (Fsp3) is 0.714. The molecule has 0 saturated carbocycles. The zero-order valence-corrected chi connectivity index (χ0v) is 6.83. The molecule has 1 aliphatic rings. The zero-order chi connectivity index (χ0) is 9.14. The molecule has 1 saturated heterocycles. The van der Waals surface area contributed by atoms with Crippen molar-refractivity contribution >= 4 is 11.8 Å². The second kappa shape index (κ2) is 3.53. The SMILES string of the molecule is C[C@H]1NC(=O)[C@@H](CCO)NC1=O. The average molecular weight is 172 g/mol. The highest BCUT2D eigenvalue weighted by Crippen LogP contribution is 1.99. The smallest absolute Gasteiger partial charge is 0.243 e. The van der Waals surface area contributed by atoms with Gasteiger partial charge in [0.2, 0.25) is 11.8 Å². The van der Waals surface area contributed by atoms with Crippen molar-refractivity contribution < 1.29 is 14.7 Å². The molecular formula is C7H12N2O3. The zero-order valence-electron chi connectivity index (χ0n) is 6.83. The summed E-state index contributed by atoms with van der Waals surface area (Å²) >= 11 is 0. The standard InChI is InChI=1S/C7H12N2O3/c1-4-6(11)9-5(2-3-10)7(12)8-4/h4-5,10H,2-3H2,1H3,(H,8,12)(H,9,11)/t4-,5-/m1/s1. The van der Waals surface area contributed by atoms with Gasteiger partial charge in [-0.3, -0.25) is 9.59 Å². The van der Waals surface area contributed by atoms with Crippen LogP contribution in [0.5, 0.6) is 0 Å². The Bertz CT molecular complexity index is 205. The molecule has 1 fully saturated rings. The monoisotopic (exact) mass is 172 g/mol. The van der Waals surface area contributed by atoms with Crippen LogP contribution in [0, 0.1) is 0 Å². The number of carbonyl (C=O) groups excluding carboxylic acids is 2. The van der Waals surface area contributed by atoms with Gasteiger partial charge in [0, 0.05) is 6.61 Å². The maximum absolute atomic E-state index is 11.1. The number of carbonyl (C=O) groups is 2. The second-order valence-electron chi connectivity index (χ2n) is 2.80. The minimum atomic E-state index is -0.571. The Labute approximate surface area is 70.1 Å². The summed E-state index contributed by atoms with van der Waals surface area (Å²) in [5, 5.41) is 13.6. The van der Waals surface area contributed by atoms with Crippen molar-refractivity contribution in [1.29, 1.82) is 0 Å². The number of piperazine rings is 1. The van der Waals surface area contributed by atoms with E-state index >= 15 is 0 Å². The van der Waals surface area contributed by atoms with E-state index < -0.39 is 12.1 Å². The summed E-state index contributed by atoms with van der Waals surface area (Å²) in [5.74, 6) is -0.427. The van der Waals surface area contributed by atoms with Crippen LogP contribution in [0.3, 0.4) is 0 Å². The highest BCUT2D eigenvalue weighted by Gasteiger charge is 2.29. The van der Waals surface area contributed by atoms with E-state index in [1.165, 1.54) is 0 Å². The average Bonchev–Trinajstić information content (AvgIpc) is 2.01.